The predicted molar refractivity (Wildman–Crippen MR) is 488 cm³/mol. The summed E-state index contributed by atoms with van der Waals surface area (Å²) in [6.07, 6.45) is 0. The van der Waals surface area contributed by atoms with Gasteiger partial charge in [0.05, 0.1) is 16.8 Å². The number of nitrogens with zero attached hydrogens (tertiary/aromatic N) is 2. The van der Waals surface area contributed by atoms with E-state index in [1.165, 1.54) is 111 Å². The fraction of sp³-hybridized carbons (Fsp3) is 0.153. The van der Waals surface area contributed by atoms with Gasteiger partial charge in [0.1, 0.15) is 0 Å². The molecule has 1 aliphatic carbocycles. The molecule has 0 radical (unpaired) electrons. The molecule has 0 fully saturated rings. The Labute approximate surface area is 674 Å². The lowest BCUT2D eigenvalue weighted by Gasteiger charge is -2.46. The summed E-state index contributed by atoms with van der Waals surface area (Å²) < 4.78 is 0. The first kappa shape index (κ1) is 71.7. The topological polar surface area (TPSA) is 6.48 Å². The summed E-state index contributed by atoms with van der Waals surface area (Å²) in [4.78, 5) is 5.51. The normalized spacial score (nSPS) is 14.3. The van der Waals surface area contributed by atoms with Crippen LogP contribution in [-0.4, -0.2) is 6.71 Å². The van der Waals surface area contributed by atoms with Crippen LogP contribution < -0.4 is 26.2 Å². The molecular weight excluding hydrogens is 1370 g/mol. The van der Waals surface area contributed by atoms with Crippen molar-refractivity contribution in [2.75, 3.05) is 9.80 Å². The summed E-state index contributed by atoms with van der Waals surface area (Å²) in [6, 6.07) is 138. The molecule has 1 atom stereocenters. The van der Waals surface area contributed by atoms with Gasteiger partial charge in [-0.05, 0) is 215 Å². The minimum Gasteiger partial charge on any atom is -0.310 e. The van der Waals surface area contributed by atoms with E-state index in [0.717, 1.165) is 84.2 Å². The van der Waals surface area contributed by atoms with E-state index < -0.39 is 5.41 Å². The van der Waals surface area contributed by atoms with E-state index in [9.17, 15) is 0 Å². The number of fused-ring (bicyclic) bond motifs is 8. The number of anilines is 6. The van der Waals surface area contributed by atoms with Gasteiger partial charge in [-0.25, -0.2) is 0 Å². The van der Waals surface area contributed by atoms with Crippen molar-refractivity contribution in [3.63, 3.8) is 0 Å². The molecule has 552 valence electrons. The number of hydrogen-bond donors (Lipinski definition) is 0. The van der Waals surface area contributed by atoms with Crippen molar-refractivity contribution in [2.45, 2.75) is 110 Å². The Morgan fingerprint density at radius 1 is 0.228 bits per heavy atom. The van der Waals surface area contributed by atoms with Gasteiger partial charge in [-0.1, -0.05) is 386 Å². The third kappa shape index (κ3) is 12.1. The van der Waals surface area contributed by atoms with Crippen LogP contribution in [0.3, 0.4) is 0 Å². The summed E-state index contributed by atoms with van der Waals surface area (Å²) in [5.74, 6) is 0. The van der Waals surface area contributed by atoms with Crippen LogP contribution in [0, 0.1) is 0 Å². The van der Waals surface area contributed by atoms with Crippen LogP contribution in [0.1, 0.15) is 128 Å². The Morgan fingerprint density at radius 2 is 0.596 bits per heavy atom. The maximum Gasteiger partial charge on any atom is 0.252 e. The van der Waals surface area contributed by atoms with Gasteiger partial charge in [0.25, 0.3) is 6.71 Å². The quantitative estimate of drug-likeness (QED) is 0.119. The van der Waals surface area contributed by atoms with Crippen molar-refractivity contribution in [3.8, 4) is 89.0 Å². The zero-order valence-electron chi connectivity index (χ0n) is 67.5. The van der Waals surface area contributed by atoms with E-state index in [0.29, 0.717) is 0 Å². The smallest absolute Gasteiger partial charge is 0.252 e. The molecule has 0 spiro atoms. The Kier molecular flexibility index (Phi) is 17.2. The predicted octanol–water partition coefficient (Wildman–Crippen LogP) is 28.1. The van der Waals surface area contributed by atoms with Gasteiger partial charge >= 0.3 is 0 Å². The standard InChI is InChI=1S/C111H95BN2/c1-107(2,3)84-49-32-45-78(61-84)80-56-59-99-97(64-80)112-98-65-81(79-46-33-50-85(62-79)108(4,5)6)57-60-100(98)114(106-94(75-40-22-15-23-41-75)70-88(110(10,11)12)71-95(106)76-42-24-16-25-43-76)102-67-82(66-101(104(102)112)113(99)105-92(73-36-18-13-19-37-73)68-87(109(7,8)9)69-93(105)74-38-20-14-21-39-74)89-52-34-53-91-90-51-30-31-54-96(90)111(103(89)91,83-47-26-17-27-48-83)86-58-55-72-35-28-29-44-77(72)63-86/h13-71H,1-12H3. The molecule has 19 rings (SSSR count). The van der Waals surface area contributed by atoms with Crippen molar-refractivity contribution < 1.29 is 0 Å². The van der Waals surface area contributed by atoms with Crippen LogP contribution >= 0.6 is 0 Å². The maximum absolute atomic E-state index is 2.76. The lowest BCUT2D eigenvalue weighted by molar-refractivity contribution is 0.590. The summed E-state index contributed by atoms with van der Waals surface area (Å²) in [5, 5.41) is 2.42. The minimum atomic E-state index is -0.781. The highest BCUT2D eigenvalue weighted by molar-refractivity contribution is 7.00. The van der Waals surface area contributed by atoms with Gasteiger partial charge in [0, 0.05) is 45.0 Å². The Balaban J connectivity index is 1.04. The third-order valence-electron chi connectivity index (χ3n) is 24.7. The lowest BCUT2D eigenvalue weighted by Crippen LogP contribution is -2.61. The first-order valence-corrected chi connectivity index (χ1v) is 40.7. The van der Waals surface area contributed by atoms with Crippen LogP contribution in [0.4, 0.5) is 34.1 Å². The molecule has 16 aromatic carbocycles. The monoisotopic (exact) mass is 1470 g/mol. The molecular formula is C111H95BN2. The SMILES string of the molecule is CC(C)(C)c1cccc(-c2ccc3c(c2)B2c4cc(-c5cccc(C(C)(C)C)c5)ccc4N(c4c(-c5ccccc5)cc(C(C)(C)C)cc4-c4ccccc4)c4cc(-c5cccc6c5C(c5ccccc5)(c5ccc7ccccc7c5)c5ccccc5-6)cc(c42)N3c2c(-c3ccccc3)cc(C(C)(C)C)cc2-c2ccccc2)c1. The Morgan fingerprint density at radius 3 is 1.04 bits per heavy atom. The van der Waals surface area contributed by atoms with Crippen LogP contribution in [0.15, 0.2) is 358 Å². The second-order valence-electron chi connectivity index (χ2n) is 36.0. The average Bonchev–Trinajstić information content (AvgIpc) is 1.05. The van der Waals surface area contributed by atoms with Gasteiger partial charge < -0.3 is 9.80 Å². The summed E-state index contributed by atoms with van der Waals surface area (Å²) in [7, 11) is 0. The first-order valence-electron chi connectivity index (χ1n) is 40.7. The second-order valence-corrected chi connectivity index (χ2v) is 36.0. The van der Waals surface area contributed by atoms with Crippen molar-refractivity contribution in [2.24, 2.45) is 0 Å². The molecule has 2 aliphatic heterocycles. The third-order valence-corrected chi connectivity index (χ3v) is 24.7. The van der Waals surface area contributed by atoms with Gasteiger partial charge in [-0.15, -0.1) is 0 Å². The van der Waals surface area contributed by atoms with Crippen LogP contribution in [-0.2, 0) is 27.1 Å². The molecule has 114 heavy (non-hydrogen) atoms. The van der Waals surface area contributed by atoms with Crippen molar-refractivity contribution in [1.29, 1.82) is 0 Å². The molecule has 2 nitrogen and oxygen atoms in total. The highest BCUT2D eigenvalue weighted by Gasteiger charge is 2.50. The molecule has 0 N–H and O–H groups in total. The van der Waals surface area contributed by atoms with Gasteiger partial charge in [0.15, 0.2) is 0 Å². The molecule has 0 aromatic heterocycles. The first-order chi connectivity index (χ1) is 55.1. The number of benzene rings is 16. The van der Waals surface area contributed by atoms with E-state index >= 15 is 0 Å². The van der Waals surface area contributed by atoms with E-state index in [4.69, 9.17) is 0 Å². The Bertz CT molecular complexity index is 6040. The van der Waals surface area contributed by atoms with Crippen LogP contribution in [0.25, 0.3) is 99.8 Å². The second kappa shape index (κ2) is 27.4. The summed E-state index contributed by atoms with van der Waals surface area (Å²) in [5.41, 5.74) is 37.9. The largest absolute Gasteiger partial charge is 0.310 e. The molecule has 0 saturated heterocycles. The molecule has 16 aromatic rings. The molecule has 0 amide bonds. The van der Waals surface area contributed by atoms with E-state index in [-0.39, 0.29) is 28.4 Å². The highest BCUT2D eigenvalue weighted by Crippen LogP contribution is 2.61. The van der Waals surface area contributed by atoms with Gasteiger partial charge in [0.2, 0.25) is 0 Å². The summed E-state index contributed by atoms with van der Waals surface area (Å²) in [6.45, 7) is 27.9. The van der Waals surface area contributed by atoms with Gasteiger partial charge in [-0.2, -0.15) is 0 Å². The highest BCUT2D eigenvalue weighted by atomic mass is 15.2. The van der Waals surface area contributed by atoms with Crippen molar-refractivity contribution in [1.82, 2.24) is 0 Å². The molecule has 3 aliphatic rings. The molecule has 0 bridgehead atoms. The molecule has 2 heterocycles. The maximum atomic E-state index is 2.76. The Hall–Kier alpha value is -12.6. The van der Waals surface area contributed by atoms with Crippen LogP contribution in [0.5, 0.6) is 0 Å². The number of hydrogen-bond acceptors (Lipinski definition) is 2. The van der Waals surface area contributed by atoms with E-state index in [1.807, 2.05) is 0 Å². The van der Waals surface area contributed by atoms with E-state index in [1.54, 1.807) is 0 Å². The lowest BCUT2D eigenvalue weighted by atomic mass is 9.33. The van der Waals surface area contributed by atoms with Crippen LogP contribution in [0.2, 0.25) is 0 Å². The minimum absolute atomic E-state index is 0.0832. The molecule has 1 unspecified atom stereocenters. The van der Waals surface area contributed by atoms with Crippen molar-refractivity contribution >= 4 is 68.0 Å². The average molecular weight is 1470 g/mol. The fourth-order valence-corrected chi connectivity index (χ4v) is 18.8. The number of rotatable bonds is 11. The molecule has 3 heteroatoms. The summed E-state index contributed by atoms with van der Waals surface area (Å²) >= 11 is 0. The zero-order valence-corrected chi connectivity index (χ0v) is 67.5. The fourth-order valence-electron chi connectivity index (χ4n) is 18.8. The van der Waals surface area contributed by atoms with E-state index in [2.05, 4.69) is 451 Å². The zero-order chi connectivity index (χ0) is 78.2. The molecule has 0 saturated carbocycles. The van der Waals surface area contributed by atoms with Crippen molar-refractivity contribution in [3.05, 3.63) is 402 Å². The van der Waals surface area contributed by atoms with Gasteiger partial charge in [-0.3, -0.25) is 0 Å².